The van der Waals surface area contributed by atoms with Crippen LogP contribution < -0.4 is 0 Å². The molecule has 0 N–H and O–H groups in total. The third-order valence-electron chi connectivity index (χ3n) is 4.37. The van der Waals surface area contributed by atoms with Crippen LogP contribution in [-0.2, 0) is 6.54 Å². The molecule has 2 aromatic heterocycles. The van der Waals surface area contributed by atoms with Crippen LogP contribution in [0.5, 0.6) is 0 Å². The van der Waals surface area contributed by atoms with Crippen LogP contribution in [0.4, 0.5) is 8.78 Å². The maximum absolute atomic E-state index is 13.4. The molecule has 0 bridgehead atoms. The van der Waals surface area contributed by atoms with Crippen LogP contribution in [0.15, 0.2) is 47.1 Å². The van der Waals surface area contributed by atoms with E-state index in [1.807, 2.05) is 12.1 Å². The van der Waals surface area contributed by atoms with Crippen molar-refractivity contribution < 1.29 is 13.2 Å². The number of hydrogen-bond acceptors (Lipinski definition) is 5. The molecule has 3 heterocycles. The zero-order chi connectivity index (χ0) is 17.2. The second-order valence-electron chi connectivity index (χ2n) is 6.06. The molecule has 1 atom stereocenters. The molecule has 0 radical (unpaired) electrons. The number of hydrogen-bond donors (Lipinski definition) is 0. The predicted octanol–water partition coefficient (Wildman–Crippen LogP) is 3.75. The molecule has 3 aromatic rings. The second kappa shape index (κ2) is 6.68. The quantitative estimate of drug-likeness (QED) is 0.723. The van der Waals surface area contributed by atoms with Crippen molar-refractivity contribution in [3.8, 4) is 11.5 Å². The van der Waals surface area contributed by atoms with E-state index in [0.29, 0.717) is 18.3 Å². The van der Waals surface area contributed by atoms with Gasteiger partial charge in [0.1, 0.15) is 0 Å². The minimum absolute atomic E-state index is 0.0222. The molecule has 1 unspecified atom stereocenters. The average Bonchev–Trinajstić information content (AvgIpc) is 3.28. The molecule has 0 spiro atoms. The summed E-state index contributed by atoms with van der Waals surface area (Å²) in [6.07, 6.45) is 5.23. The Hall–Kier alpha value is -2.67. The minimum atomic E-state index is -0.834. The van der Waals surface area contributed by atoms with Crippen molar-refractivity contribution >= 4 is 0 Å². The fourth-order valence-corrected chi connectivity index (χ4v) is 3.14. The first-order valence-electron chi connectivity index (χ1n) is 8.12. The first-order chi connectivity index (χ1) is 12.2. The number of pyridine rings is 1. The summed E-state index contributed by atoms with van der Waals surface area (Å²) in [4.78, 5) is 6.20. The van der Waals surface area contributed by atoms with E-state index in [2.05, 4.69) is 20.1 Å². The molecule has 7 heteroatoms. The summed E-state index contributed by atoms with van der Waals surface area (Å²) in [5.41, 5.74) is 1.49. The lowest BCUT2D eigenvalue weighted by Crippen LogP contribution is -2.23. The highest BCUT2D eigenvalue weighted by Gasteiger charge is 2.30. The van der Waals surface area contributed by atoms with Crippen molar-refractivity contribution in [2.24, 2.45) is 0 Å². The number of aromatic nitrogens is 3. The SMILES string of the molecule is Fc1ccc(CN2CCCC2c2nnc(-c3cccnc3)o2)cc1F. The molecule has 4 rings (SSSR count). The molecule has 1 aliphatic heterocycles. The molecule has 1 aromatic carbocycles. The van der Waals surface area contributed by atoms with E-state index >= 15 is 0 Å². The molecule has 0 aliphatic carbocycles. The number of benzene rings is 1. The molecule has 25 heavy (non-hydrogen) atoms. The Morgan fingerprint density at radius 1 is 1.16 bits per heavy atom. The minimum Gasteiger partial charge on any atom is -0.419 e. The summed E-state index contributed by atoms with van der Waals surface area (Å²) in [6, 6.07) is 7.64. The van der Waals surface area contributed by atoms with Crippen LogP contribution in [0.2, 0.25) is 0 Å². The normalized spacial score (nSPS) is 17.9. The zero-order valence-electron chi connectivity index (χ0n) is 13.4. The molecule has 0 amide bonds. The van der Waals surface area contributed by atoms with Gasteiger partial charge in [-0.1, -0.05) is 6.07 Å². The number of halogens is 2. The zero-order valence-corrected chi connectivity index (χ0v) is 13.4. The molecular formula is C18H16F2N4O. The van der Waals surface area contributed by atoms with Crippen LogP contribution >= 0.6 is 0 Å². The van der Waals surface area contributed by atoms with Crippen molar-refractivity contribution in [3.05, 3.63) is 65.8 Å². The Labute approximate surface area is 143 Å². The average molecular weight is 342 g/mol. The summed E-state index contributed by atoms with van der Waals surface area (Å²) in [5, 5.41) is 8.28. The summed E-state index contributed by atoms with van der Waals surface area (Å²) in [7, 11) is 0. The highest BCUT2D eigenvalue weighted by Crippen LogP contribution is 2.33. The van der Waals surface area contributed by atoms with Crippen LogP contribution in [0, 0.1) is 11.6 Å². The van der Waals surface area contributed by atoms with Crippen molar-refractivity contribution in [3.63, 3.8) is 0 Å². The number of likely N-dealkylation sites (tertiary alicyclic amines) is 1. The van der Waals surface area contributed by atoms with Gasteiger partial charge in [0.25, 0.3) is 0 Å². The molecule has 128 valence electrons. The molecular weight excluding hydrogens is 326 g/mol. The number of rotatable bonds is 4. The topological polar surface area (TPSA) is 55.1 Å². The van der Waals surface area contributed by atoms with Gasteiger partial charge in [-0.25, -0.2) is 8.78 Å². The van der Waals surface area contributed by atoms with E-state index in [-0.39, 0.29) is 6.04 Å². The molecule has 1 saturated heterocycles. The summed E-state index contributed by atoms with van der Waals surface area (Å²) < 4.78 is 32.3. The lowest BCUT2D eigenvalue weighted by atomic mass is 10.1. The van der Waals surface area contributed by atoms with Gasteiger partial charge in [-0.05, 0) is 49.2 Å². The Morgan fingerprint density at radius 2 is 2.08 bits per heavy atom. The van der Waals surface area contributed by atoms with Gasteiger partial charge in [0.2, 0.25) is 11.8 Å². The van der Waals surface area contributed by atoms with Crippen LogP contribution in [0.3, 0.4) is 0 Å². The van der Waals surface area contributed by atoms with Crippen LogP contribution in [0.1, 0.15) is 30.3 Å². The second-order valence-corrected chi connectivity index (χ2v) is 6.06. The summed E-state index contributed by atoms with van der Waals surface area (Å²) in [6.45, 7) is 1.35. The van der Waals surface area contributed by atoms with E-state index in [1.165, 1.54) is 6.07 Å². The third kappa shape index (κ3) is 3.28. The Morgan fingerprint density at radius 3 is 2.88 bits per heavy atom. The van der Waals surface area contributed by atoms with Crippen molar-refractivity contribution in [1.29, 1.82) is 0 Å². The van der Waals surface area contributed by atoms with E-state index < -0.39 is 11.6 Å². The van der Waals surface area contributed by atoms with Crippen molar-refractivity contribution in [1.82, 2.24) is 20.1 Å². The monoisotopic (exact) mass is 342 g/mol. The Balaban J connectivity index is 1.53. The number of nitrogens with zero attached hydrogens (tertiary/aromatic N) is 4. The Bertz CT molecular complexity index is 869. The molecule has 0 saturated carbocycles. The van der Waals surface area contributed by atoms with Gasteiger partial charge in [-0.3, -0.25) is 9.88 Å². The van der Waals surface area contributed by atoms with E-state index in [0.717, 1.165) is 36.6 Å². The predicted molar refractivity (Wildman–Crippen MR) is 86.3 cm³/mol. The first-order valence-corrected chi connectivity index (χ1v) is 8.12. The maximum Gasteiger partial charge on any atom is 0.249 e. The standard InChI is InChI=1S/C18H16F2N4O/c19-14-6-5-12(9-15(14)20)11-24-8-2-4-16(24)18-23-22-17(25-18)13-3-1-7-21-10-13/h1,3,5-7,9-10,16H,2,4,8,11H2. The van der Waals surface area contributed by atoms with Gasteiger partial charge in [-0.15, -0.1) is 10.2 Å². The van der Waals surface area contributed by atoms with Crippen LogP contribution in [0.25, 0.3) is 11.5 Å². The lowest BCUT2D eigenvalue weighted by molar-refractivity contribution is 0.215. The van der Waals surface area contributed by atoms with Crippen LogP contribution in [-0.4, -0.2) is 26.6 Å². The van der Waals surface area contributed by atoms with E-state index in [4.69, 9.17) is 4.42 Å². The van der Waals surface area contributed by atoms with Gasteiger partial charge < -0.3 is 4.42 Å². The smallest absolute Gasteiger partial charge is 0.249 e. The fraction of sp³-hybridized carbons (Fsp3) is 0.278. The Kier molecular flexibility index (Phi) is 4.23. The van der Waals surface area contributed by atoms with Gasteiger partial charge in [-0.2, -0.15) is 0 Å². The lowest BCUT2D eigenvalue weighted by Gasteiger charge is -2.21. The largest absolute Gasteiger partial charge is 0.419 e. The van der Waals surface area contributed by atoms with E-state index in [9.17, 15) is 8.78 Å². The van der Waals surface area contributed by atoms with Gasteiger partial charge in [0.15, 0.2) is 11.6 Å². The van der Waals surface area contributed by atoms with Gasteiger partial charge in [0, 0.05) is 18.9 Å². The van der Waals surface area contributed by atoms with Crippen molar-refractivity contribution in [2.75, 3.05) is 6.54 Å². The fourth-order valence-electron chi connectivity index (χ4n) is 3.14. The summed E-state index contributed by atoms with van der Waals surface area (Å²) >= 11 is 0. The first kappa shape index (κ1) is 15.8. The highest BCUT2D eigenvalue weighted by molar-refractivity contribution is 5.50. The highest BCUT2D eigenvalue weighted by atomic mass is 19.2. The molecule has 5 nitrogen and oxygen atoms in total. The molecule has 1 fully saturated rings. The summed E-state index contributed by atoms with van der Waals surface area (Å²) in [5.74, 6) is -0.689. The van der Waals surface area contributed by atoms with Gasteiger partial charge in [0.05, 0.1) is 11.6 Å². The maximum atomic E-state index is 13.4. The van der Waals surface area contributed by atoms with Crippen molar-refractivity contribution in [2.45, 2.75) is 25.4 Å². The van der Waals surface area contributed by atoms with E-state index in [1.54, 1.807) is 18.5 Å². The third-order valence-corrected chi connectivity index (χ3v) is 4.37. The molecule has 1 aliphatic rings. The van der Waals surface area contributed by atoms with Gasteiger partial charge >= 0.3 is 0 Å².